The minimum atomic E-state index is -0.0712. The van der Waals surface area contributed by atoms with E-state index in [1.54, 1.807) is 0 Å². The fourth-order valence-corrected chi connectivity index (χ4v) is 1.18. The molecule has 2 rings (SSSR count). The first-order chi connectivity index (χ1) is 4.41. The molecular weight excluding hydrogens is 118 g/mol. The molecule has 1 spiro atoms. The highest BCUT2D eigenvalue weighted by atomic mass is 16.6. The molecule has 0 saturated carbocycles. The molecular formula is C6H11NO2. The van der Waals surface area contributed by atoms with Crippen molar-refractivity contribution in [2.75, 3.05) is 26.4 Å². The molecule has 0 unspecified atom stereocenters. The Morgan fingerprint density at radius 2 is 2.22 bits per heavy atom. The number of hydrogen-bond donors (Lipinski definition) is 1. The summed E-state index contributed by atoms with van der Waals surface area (Å²) in [6, 6.07) is 0. The van der Waals surface area contributed by atoms with Crippen LogP contribution in [0.5, 0.6) is 0 Å². The molecule has 0 bridgehead atoms. The van der Waals surface area contributed by atoms with Crippen molar-refractivity contribution in [2.24, 2.45) is 0 Å². The lowest BCUT2D eigenvalue weighted by molar-refractivity contribution is -0.238. The van der Waals surface area contributed by atoms with Crippen molar-refractivity contribution in [1.82, 2.24) is 5.32 Å². The summed E-state index contributed by atoms with van der Waals surface area (Å²) in [6.45, 7) is 3.42. The molecule has 0 radical (unpaired) electrons. The van der Waals surface area contributed by atoms with Crippen molar-refractivity contribution in [3.05, 3.63) is 0 Å². The summed E-state index contributed by atoms with van der Waals surface area (Å²) >= 11 is 0. The lowest BCUT2D eigenvalue weighted by Crippen LogP contribution is -2.64. The van der Waals surface area contributed by atoms with Gasteiger partial charge in [0.15, 0.2) is 5.72 Å². The smallest absolute Gasteiger partial charge is 0.166 e. The SMILES string of the molecule is C1CNC2(COC2)OC1. The van der Waals surface area contributed by atoms with E-state index in [1.165, 1.54) is 0 Å². The van der Waals surface area contributed by atoms with Gasteiger partial charge in [0.2, 0.25) is 0 Å². The number of ether oxygens (including phenoxy) is 2. The van der Waals surface area contributed by atoms with Crippen LogP contribution in [0.2, 0.25) is 0 Å². The highest BCUT2D eigenvalue weighted by Crippen LogP contribution is 2.20. The summed E-state index contributed by atoms with van der Waals surface area (Å²) < 4.78 is 10.5. The van der Waals surface area contributed by atoms with E-state index >= 15 is 0 Å². The van der Waals surface area contributed by atoms with E-state index in [2.05, 4.69) is 5.32 Å². The molecule has 0 aromatic rings. The van der Waals surface area contributed by atoms with Crippen LogP contribution in [0, 0.1) is 0 Å². The molecule has 2 aliphatic rings. The predicted molar refractivity (Wildman–Crippen MR) is 32.1 cm³/mol. The van der Waals surface area contributed by atoms with Crippen LogP contribution in [0.1, 0.15) is 6.42 Å². The van der Waals surface area contributed by atoms with Crippen LogP contribution < -0.4 is 5.32 Å². The Hall–Kier alpha value is -0.120. The van der Waals surface area contributed by atoms with Crippen molar-refractivity contribution in [2.45, 2.75) is 12.1 Å². The summed E-state index contributed by atoms with van der Waals surface area (Å²) in [4.78, 5) is 0. The molecule has 0 aromatic heterocycles. The van der Waals surface area contributed by atoms with Crippen LogP contribution >= 0.6 is 0 Å². The second kappa shape index (κ2) is 1.94. The summed E-state index contributed by atoms with van der Waals surface area (Å²) in [5.41, 5.74) is -0.0712. The average molecular weight is 129 g/mol. The molecule has 2 aliphatic heterocycles. The second-order valence-electron chi connectivity index (χ2n) is 2.62. The van der Waals surface area contributed by atoms with Crippen molar-refractivity contribution in [3.63, 3.8) is 0 Å². The zero-order valence-electron chi connectivity index (χ0n) is 5.35. The monoisotopic (exact) mass is 129 g/mol. The van der Waals surface area contributed by atoms with Gasteiger partial charge in [0, 0.05) is 6.54 Å². The van der Waals surface area contributed by atoms with Crippen LogP contribution in [0.3, 0.4) is 0 Å². The fourth-order valence-electron chi connectivity index (χ4n) is 1.18. The first-order valence-corrected chi connectivity index (χ1v) is 3.38. The van der Waals surface area contributed by atoms with Gasteiger partial charge in [-0.1, -0.05) is 0 Å². The number of nitrogens with one attached hydrogen (secondary N) is 1. The van der Waals surface area contributed by atoms with Crippen LogP contribution in [0.25, 0.3) is 0 Å². The third-order valence-electron chi connectivity index (χ3n) is 1.82. The second-order valence-corrected chi connectivity index (χ2v) is 2.62. The van der Waals surface area contributed by atoms with Gasteiger partial charge in [-0.15, -0.1) is 0 Å². The van der Waals surface area contributed by atoms with E-state index in [0.29, 0.717) is 0 Å². The van der Waals surface area contributed by atoms with Gasteiger partial charge in [0.1, 0.15) is 0 Å². The quantitative estimate of drug-likeness (QED) is 0.488. The Morgan fingerprint density at radius 1 is 1.33 bits per heavy atom. The molecule has 3 heteroatoms. The minimum Gasteiger partial charge on any atom is -0.372 e. The van der Waals surface area contributed by atoms with Crippen molar-refractivity contribution in [1.29, 1.82) is 0 Å². The molecule has 3 nitrogen and oxygen atoms in total. The van der Waals surface area contributed by atoms with Gasteiger partial charge in [-0.3, -0.25) is 5.32 Å². The summed E-state index contributed by atoms with van der Waals surface area (Å²) in [5, 5.41) is 3.28. The molecule has 0 aromatic carbocycles. The first-order valence-electron chi connectivity index (χ1n) is 3.38. The van der Waals surface area contributed by atoms with E-state index in [4.69, 9.17) is 9.47 Å². The van der Waals surface area contributed by atoms with Gasteiger partial charge in [-0.2, -0.15) is 0 Å². The molecule has 2 fully saturated rings. The largest absolute Gasteiger partial charge is 0.372 e. The van der Waals surface area contributed by atoms with E-state index < -0.39 is 0 Å². The third-order valence-corrected chi connectivity index (χ3v) is 1.82. The molecule has 52 valence electrons. The van der Waals surface area contributed by atoms with Crippen LogP contribution in [0.4, 0.5) is 0 Å². The zero-order chi connectivity index (χ0) is 6.16. The molecule has 0 atom stereocenters. The Morgan fingerprint density at radius 3 is 2.56 bits per heavy atom. The number of rotatable bonds is 0. The van der Waals surface area contributed by atoms with Gasteiger partial charge in [-0.25, -0.2) is 0 Å². The van der Waals surface area contributed by atoms with Gasteiger partial charge < -0.3 is 9.47 Å². The van der Waals surface area contributed by atoms with Gasteiger partial charge in [0.05, 0.1) is 19.8 Å². The topological polar surface area (TPSA) is 30.5 Å². The van der Waals surface area contributed by atoms with E-state index in [-0.39, 0.29) is 5.72 Å². The Bertz CT molecular complexity index is 104. The average Bonchev–Trinajstić information content (AvgIpc) is 1.87. The van der Waals surface area contributed by atoms with Crippen LogP contribution in [-0.2, 0) is 9.47 Å². The maximum atomic E-state index is 5.47. The van der Waals surface area contributed by atoms with Crippen molar-refractivity contribution >= 4 is 0 Å². The molecule has 1 N–H and O–H groups in total. The lowest BCUT2D eigenvalue weighted by Gasteiger charge is -2.44. The van der Waals surface area contributed by atoms with E-state index in [9.17, 15) is 0 Å². The van der Waals surface area contributed by atoms with Gasteiger partial charge in [0.25, 0.3) is 0 Å². The summed E-state index contributed by atoms with van der Waals surface area (Å²) in [6.07, 6.45) is 1.13. The zero-order valence-corrected chi connectivity index (χ0v) is 5.35. The molecule has 0 aliphatic carbocycles. The van der Waals surface area contributed by atoms with Gasteiger partial charge >= 0.3 is 0 Å². The summed E-state index contributed by atoms with van der Waals surface area (Å²) in [7, 11) is 0. The standard InChI is InChI=1S/C6H11NO2/c1-2-7-6(9-3-1)4-8-5-6/h7H,1-5H2. The molecule has 0 amide bonds. The molecule has 9 heavy (non-hydrogen) atoms. The maximum absolute atomic E-state index is 5.47. The minimum absolute atomic E-state index is 0.0712. The normalized spacial score (nSPS) is 32.0. The Labute approximate surface area is 54.3 Å². The fraction of sp³-hybridized carbons (Fsp3) is 1.00. The highest BCUT2D eigenvalue weighted by Gasteiger charge is 2.40. The number of hydrogen-bond acceptors (Lipinski definition) is 3. The molecule has 2 saturated heterocycles. The van der Waals surface area contributed by atoms with Crippen molar-refractivity contribution < 1.29 is 9.47 Å². The summed E-state index contributed by atoms with van der Waals surface area (Å²) in [5.74, 6) is 0. The Kier molecular flexibility index (Phi) is 1.22. The maximum Gasteiger partial charge on any atom is 0.166 e. The predicted octanol–water partition coefficient (Wildman–Crippen LogP) is -0.277. The lowest BCUT2D eigenvalue weighted by atomic mass is 10.1. The van der Waals surface area contributed by atoms with E-state index in [1.807, 2.05) is 0 Å². The Balaban J connectivity index is 1.93. The highest BCUT2D eigenvalue weighted by molar-refractivity contribution is 4.86. The van der Waals surface area contributed by atoms with Crippen molar-refractivity contribution in [3.8, 4) is 0 Å². The first kappa shape index (κ1) is 5.65. The third kappa shape index (κ3) is 0.852. The van der Waals surface area contributed by atoms with Gasteiger partial charge in [-0.05, 0) is 6.42 Å². The van der Waals surface area contributed by atoms with E-state index in [0.717, 1.165) is 32.8 Å². The van der Waals surface area contributed by atoms with Crippen LogP contribution in [0.15, 0.2) is 0 Å². The van der Waals surface area contributed by atoms with Crippen LogP contribution in [-0.4, -0.2) is 32.1 Å². The molecule has 2 heterocycles.